The summed E-state index contributed by atoms with van der Waals surface area (Å²) in [5, 5.41) is 0. The monoisotopic (exact) mass is 410 g/mol. The standard InChI is InChI=1S/C10H8N2.2ClHO4.Fe/c1-3-7-11-9(5-1)10-6-2-4-8-12-10;2*2-1(3,4)5;/h1-8H;2*(H,2,3,4,5);/q;;;+2/p-2. The molecule has 0 saturated heterocycles. The van der Waals surface area contributed by atoms with Crippen molar-refractivity contribution in [1.29, 1.82) is 0 Å². The molecule has 10 nitrogen and oxygen atoms in total. The maximum Gasteiger partial charge on any atom is 2.00 e. The van der Waals surface area contributed by atoms with Crippen LogP contribution in [0.5, 0.6) is 0 Å². The molecule has 0 bridgehead atoms. The van der Waals surface area contributed by atoms with Crippen LogP contribution in [0.3, 0.4) is 0 Å². The van der Waals surface area contributed by atoms with Gasteiger partial charge in [0, 0.05) is 12.4 Å². The van der Waals surface area contributed by atoms with Gasteiger partial charge in [-0.2, -0.15) is 0 Å². The Kier molecular flexibility index (Phi) is 12.3. The predicted molar refractivity (Wildman–Crippen MR) is 47.5 cm³/mol. The molecule has 0 radical (unpaired) electrons. The summed E-state index contributed by atoms with van der Waals surface area (Å²) in [5.41, 5.74) is 1.83. The molecular formula is C10H8Cl2FeN2O8. The van der Waals surface area contributed by atoms with Gasteiger partial charge in [-0.05, 0) is 24.3 Å². The van der Waals surface area contributed by atoms with E-state index in [9.17, 15) is 0 Å². The van der Waals surface area contributed by atoms with Crippen LogP contribution in [0.4, 0.5) is 0 Å². The van der Waals surface area contributed by atoms with Crippen molar-refractivity contribution in [2.45, 2.75) is 0 Å². The number of aromatic nitrogens is 2. The third-order valence-electron chi connectivity index (χ3n) is 1.59. The average molecular weight is 411 g/mol. The molecule has 0 saturated carbocycles. The van der Waals surface area contributed by atoms with Gasteiger partial charge in [-0.25, -0.2) is 37.3 Å². The topological polar surface area (TPSA) is 210 Å². The molecule has 2 aromatic rings. The van der Waals surface area contributed by atoms with E-state index in [0.717, 1.165) is 11.4 Å². The van der Waals surface area contributed by atoms with Crippen molar-refractivity contribution in [1.82, 2.24) is 9.97 Å². The van der Waals surface area contributed by atoms with Crippen LogP contribution in [0.1, 0.15) is 0 Å². The fraction of sp³-hybridized carbons (Fsp3) is 0. The number of hydrogen-bond acceptors (Lipinski definition) is 10. The van der Waals surface area contributed by atoms with Gasteiger partial charge >= 0.3 is 17.1 Å². The molecule has 13 heteroatoms. The van der Waals surface area contributed by atoms with E-state index in [0.29, 0.717) is 0 Å². The van der Waals surface area contributed by atoms with Crippen molar-refractivity contribution in [3.63, 3.8) is 0 Å². The van der Waals surface area contributed by atoms with Crippen LogP contribution in [0.15, 0.2) is 48.8 Å². The second-order valence-corrected chi connectivity index (χ2v) is 4.70. The Hall–Kier alpha value is -0.921. The zero-order valence-corrected chi connectivity index (χ0v) is 13.5. The van der Waals surface area contributed by atoms with Gasteiger partial charge in [0.1, 0.15) is 0 Å². The largest absolute Gasteiger partial charge is 2.00 e. The summed E-state index contributed by atoms with van der Waals surface area (Å²) in [7, 11) is -9.89. The molecule has 2 aromatic heterocycles. The Morgan fingerprint density at radius 2 is 0.826 bits per heavy atom. The van der Waals surface area contributed by atoms with Crippen molar-refractivity contribution >= 4 is 0 Å². The van der Waals surface area contributed by atoms with E-state index >= 15 is 0 Å². The van der Waals surface area contributed by atoms with E-state index in [1.54, 1.807) is 12.4 Å². The molecule has 0 amide bonds. The van der Waals surface area contributed by atoms with E-state index in [-0.39, 0.29) is 17.1 Å². The maximum atomic E-state index is 8.49. The SMILES string of the molecule is [Fe+2].[O-][Cl+3]([O-])([O-])[O-].[O-][Cl+3]([O-])([O-])[O-].c1ccc(-c2ccccn2)nc1. The molecule has 2 rings (SSSR count). The van der Waals surface area contributed by atoms with E-state index < -0.39 is 20.5 Å². The first kappa shape index (κ1) is 24.3. The van der Waals surface area contributed by atoms with Crippen LogP contribution in [0, 0.1) is 20.5 Å². The first-order valence-corrected chi connectivity index (χ1v) is 7.49. The van der Waals surface area contributed by atoms with Crippen molar-refractivity contribution < 1.29 is 74.8 Å². The van der Waals surface area contributed by atoms with Crippen LogP contribution in [0.2, 0.25) is 0 Å². The van der Waals surface area contributed by atoms with Gasteiger partial charge in [0.25, 0.3) is 0 Å². The van der Waals surface area contributed by atoms with Gasteiger partial charge in [-0.1, -0.05) is 12.1 Å². The molecule has 0 aromatic carbocycles. The first-order valence-electron chi connectivity index (χ1n) is 5.03. The van der Waals surface area contributed by atoms with E-state index in [2.05, 4.69) is 9.97 Å². The fourth-order valence-electron chi connectivity index (χ4n) is 1.03. The van der Waals surface area contributed by atoms with Gasteiger partial charge in [-0.15, -0.1) is 20.5 Å². The molecular weight excluding hydrogens is 403 g/mol. The molecule has 0 aliphatic heterocycles. The van der Waals surface area contributed by atoms with Crippen LogP contribution < -0.4 is 37.3 Å². The van der Waals surface area contributed by atoms with Crippen LogP contribution in [-0.4, -0.2) is 9.97 Å². The summed E-state index contributed by atoms with van der Waals surface area (Å²) >= 11 is 0. The van der Waals surface area contributed by atoms with Crippen molar-refractivity contribution in [2.75, 3.05) is 0 Å². The molecule has 0 N–H and O–H groups in total. The van der Waals surface area contributed by atoms with Gasteiger partial charge in [-0.3, -0.25) is 9.97 Å². The van der Waals surface area contributed by atoms with Crippen LogP contribution in [-0.2, 0) is 17.1 Å². The fourth-order valence-corrected chi connectivity index (χ4v) is 1.03. The Bertz CT molecular complexity index is 462. The molecule has 2 heterocycles. The quantitative estimate of drug-likeness (QED) is 0.405. The normalized spacial score (nSPS) is 10.3. The summed E-state index contributed by atoms with van der Waals surface area (Å²) in [6.45, 7) is 0. The maximum absolute atomic E-state index is 8.49. The third-order valence-corrected chi connectivity index (χ3v) is 1.59. The average Bonchev–Trinajstić information content (AvgIpc) is 2.37. The van der Waals surface area contributed by atoms with Gasteiger partial charge in [0.15, 0.2) is 0 Å². The van der Waals surface area contributed by atoms with Crippen molar-refractivity contribution in [2.24, 2.45) is 0 Å². The first-order chi connectivity index (χ1) is 9.97. The zero-order chi connectivity index (χ0) is 17.2. The second-order valence-electron chi connectivity index (χ2n) is 3.19. The summed E-state index contributed by atoms with van der Waals surface area (Å²) in [6, 6.07) is 11.6. The minimum absolute atomic E-state index is 0. The molecule has 23 heavy (non-hydrogen) atoms. The smallest absolute Gasteiger partial charge is 0.255 e. The summed E-state index contributed by atoms with van der Waals surface area (Å²) in [6.07, 6.45) is 3.54. The molecule has 0 atom stereocenters. The Labute approximate surface area is 145 Å². The molecule has 0 aliphatic carbocycles. The number of pyridine rings is 2. The van der Waals surface area contributed by atoms with Crippen molar-refractivity contribution in [3.8, 4) is 11.4 Å². The minimum atomic E-state index is -4.94. The molecule has 0 unspecified atom stereocenters. The second kappa shape index (κ2) is 11.6. The van der Waals surface area contributed by atoms with E-state index in [4.69, 9.17) is 37.3 Å². The predicted octanol–water partition coefficient (Wildman–Crippen LogP) is -7.37. The zero-order valence-electron chi connectivity index (χ0n) is 10.9. The van der Waals surface area contributed by atoms with E-state index in [1.165, 1.54) is 0 Å². The van der Waals surface area contributed by atoms with Gasteiger partial charge in [0.05, 0.1) is 11.4 Å². The van der Waals surface area contributed by atoms with Gasteiger partial charge < -0.3 is 0 Å². The minimum Gasteiger partial charge on any atom is -0.255 e. The molecule has 0 aliphatic rings. The van der Waals surface area contributed by atoms with E-state index in [1.807, 2.05) is 36.4 Å². The third kappa shape index (κ3) is 21.1. The molecule has 0 fully saturated rings. The Morgan fingerprint density at radius 3 is 1.00 bits per heavy atom. The summed E-state index contributed by atoms with van der Waals surface area (Å²) in [5.74, 6) is 0. The number of nitrogens with zero attached hydrogens (tertiary/aromatic N) is 2. The molecule has 128 valence electrons. The number of halogens is 2. The Balaban J connectivity index is 0. The van der Waals surface area contributed by atoms with Crippen molar-refractivity contribution in [3.05, 3.63) is 48.8 Å². The summed E-state index contributed by atoms with van der Waals surface area (Å²) < 4.78 is 67.9. The van der Waals surface area contributed by atoms with Gasteiger partial charge in [0.2, 0.25) is 0 Å². The summed E-state index contributed by atoms with van der Waals surface area (Å²) in [4.78, 5) is 8.37. The van der Waals surface area contributed by atoms with Crippen LogP contribution >= 0.6 is 0 Å². The number of rotatable bonds is 1. The number of hydrogen-bond donors (Lipinski definition) is 0. The molecule has 0 spiro atoms. The van der Waals surface area contributed by atoms with Crippen LogP contribution in [0.25, 0.3) is 11.4 Å². The Morgan fingerprint density at radius 1 is 0.565 bits per heavy atom.